The van der Waals surface area contributed by atoms with Gasteiger partial charge in [0, 0.05) is 17.7 Å². The predicted molar refractivity (Wildman–Crippen MR) is 74.7 cm³/mol. The number of aryl methyl sites for hydroxylation is 1. The fraction of sp³-hybridized carbons (Fsp3) is 0.250. The molecule has 0 fully saturated rings. The van der Waals surface area contributed by atoms with Crippen LogP contribution in [0.3, 0.4) is 0 Å². The quantitative estimate of drug-likeness (QED) is 0.928. The summed E-state index contributed by atoms with van der Waals surface area (Å²) in [6.45, 7) is 1.97. The van der Waals surface area contributed by atoms with Gasteiger partial charge in [-0.05, 0) is 31.0 Å². The minimum absolute atomic E-state index is 0.301. The first-order valence-electron chi connectivity index (χ1n) is 6.35. The highest BCUT2D eigenvalue weighted by Crippen LogP contribution is 2.26. The average molecular weight is 277 g/mol. The highest BCUT2D eigenvalue weighted by molar-refractivity contribution is 5.38. The summed E-state index contributed by atoms with van der Waals surface area (Å²) in [6.07, 6.45) is 0.424. The third-order valence-electron chi connectivity index (χ3n) is 3.24. The van der Waals surface area contributed by atoms with Gasteiger partial charge in [0.15, 0.2) is 0 Å². The first kappa shape index (κ1) is 14.5. The van der Waals surface area contributed by atoms with E-state index >= 15 is 0 Å². The van der Waals surface area contributed by atoms with Gasteiger partial charge >= 0.3 is 0 Å². The Bertz CT molecular complexity index is 613. The van der Waals surface area contributed by atoms with Gasteiger partial charge < -0.3 is 10.5 Å². The molecule has 1 atom stereocenters. The third kappa shape index (κ3) is 3.14. The van der Waals surface area contributed by atoms with E-state index in [4.69, 9.17) is 10.5 Å². The van der Waals surface area contributed by atoms with Crippen LogP contribution < -0.4 is 10.5 Å². The van der Waals surface area contributed by atoms with Gasteiger partial charge in [0.2, 0.25) is 0 Å². The van der Waals surface area contributed by atoms with Gasteiger partial charge in [0.05, 0.1) is 7.11 Å². The van der Waals surface area contributed by atoms with Gasteiger partial charge in [-0.3, -0.25) is 0 Å². The van der Waals surface area contributed by atoms with Crippen molar-refractivity contribution in [2.45, 2.75) is 19.4 Å². The lowest BCUT2D eigenvalue weighted by molar-refractivity contribution is 0.407. The minimum Gasteiger partial charge on any atom is -0.496 e. The Morgan fingerprint density at radius 2 is 1.90 bits per heavy atom. The van der Waals surface area contributed by atoms with E-state index < -0.39 is 17.7 Å². The van der Waals surface area contributed by atoms with E-state index in [9.17, 15) is 8.78 Å². The average Bonchev–Trinajstić information content (AvgIpc) is 2.38. The second-order valence-corrected chi connectivity index (χ2v) is 4.79. The van der Waals surface area contributed by atoms with Crippen LogP contribution in [0.15, 0.2) is 36.4 Å². The van der Waals surface area contributed by atoms with Gasteiger partial charge in [0.1, 0.15) is 17.4 Å². The Morgan fingerprint density at radius 3 is 2.55 bits per heavy atom. The molecule has 2 nitrogen and oxygen atoms in total. The fourth-order valence-electron chi connectivity index (χ4n) is 2.22. The molecule has 0 spiro atoms. The largest absolute Gasteiger partial charge is 0.496 e. The minimum atomic E-state index is -0.621. The normalized spacial score (nSPS) is 12.2. The van der Waals surface area contributed by atoms with Crippen LogP contribution in [0.1, 0.15) is 22.7 Å². The number of nitrogens with two attached hydrogens (primary N) is 1. The maximum absolute atomic E-state index is 13.7. The van der Waals surface area contributed by atoms with Crippen LogP contribution >= 0.6 is 0 Å². The SMILES string of the molecule is COc1ccc(C)cc1CC(N)c1ccc(F)cc1F. The lowest BCUT2D eigenvalue weighted by Crippen LogP contribution is -2.15. The molecule has 0 aliphatic carbocycles. The van der Waals surface area contributed by atoms with E-state index in [2.05, 4.69) is 0 Å². The second kappa shape index (κ2) is 6.01. The summed E-state index contributed by atoms with van der Waals surface area (Å²) >= 11 is 0. The number of hydrogen-bond donors (Lipinski definition) is 1. The van der Waals surface area contributed by atoms with Crippen molar-refractivity contribution in [3.05, 3.63) is 64.7 Å². The lowest BCUT2D eigenvalue weighted by Gasteiger charge is -2.16. The molecular weight excluding hydrogens is 260 g/mol. The molecule has 0 saturated heterocycles. The molecule has 0 aliphatic heterocycles. The van der Waals surface area contributed by atoms with Crippen LogP contribution in [0.4, 0.5) is 8.78 Å². The molecule has 0 radical (unpaired) electrons. The molecule has 0 bridgehead atoms. The number of benzene rings is 2. The zero-order valence-electron chi connectivity index (χ0n) is 11.5. The Morgan fingerprint density at radius 1 is 1.15 bits per heavy atom. The van der Waals surface area contributed by atoms with Crippen LogP contribution in [0.5, 0.6) is 5.75 Å². The van der Waals surface area contributed by atoms with Crippen LogP contribution in [0.25, 0.3) is 0 Å². The summed E-state index contributed by atoms with van der Waals surface area (Å²) in [6, 6.07) is 8.66. The van der Waals surface area contributed by atoms with E-state index in [1.54, 1.807) is 7.11 Å². The highest BCUT2D eigenvalue weighted by atomic mass is 19.1. The summed E-state index contributed by atoms with van der Waals surface area (Å²) in [5.74, 6) is -0.510. The molecular formula is C16H17F2NO. The summed E-state index contributed by atoms with van der Waals surface area (Å²) in [4.78, 5) is 0. The Hall–Kier alpha value is -1.94. The molecule has 0 heterocycles. The summed E-state index contributed by atoms with van der Waals surface area (Å²) < 4.78 is 31.9. The molecule has 0 saturated carbocycles. The molecule has 1 unspecified atom stereocenters. The van der Waals surface area contributed by atoms with Gasteiger partial charge in [-0.1, -0.05) is 23.8 Å². The van der Waals surface area contributed by atoms with Crippen LogP contribution in [-0.4, -0.2) is 7.11 Å². The van der Waals surface area contributed by atoms with Crippen molar-refractivity contribution in [2.24, 2.45) is 5.73 Å². The monoisotopic (exact) mass is 277 g/mol. The van der Waals surface area contributed by atoms with Gasteiger partial charge in [-0.2, -0.15) is 0 Å². The molecule has 20 heavy (non-hydrogen) atoms. The zero-order valence-corrected chi connectivity index (χ0v) is 11.5. The zero-order chi connectivity index (χ0) is 14.7. The number of rotatable bonds is 4. The number of halogens is 2. The van der Waals surface area contributed by atoms with Crippen LogP contribution in [0, 0.1) is 18.6 Å². The van der Waals surface area contributed by atoms with Crippen molar-refractivity contribution >= 4 is 0 Å². The molecule has 2 aromatic rings. The predicted octanol–water partition coefficient (Wildman–Crippen LogP) is 3.52. The highest BCUT2D eigenvalue weighted by Gasteiger charge is 2.15. The smallest absolute Gasteiger partial charge is 0.130 e. The lowest BCUT2D eigenvalue weighted by atomic mass is 9.97. The maximum atomic E-state index is 13.7. The van der Waals surface area contributed by atoms with Crippen LogP contribution in [0.2, 0.25) is 0 Å². The molecule has 2 rings (SSSR count). The van der Waals surface area contributed by atoms with Crippen molar-refractivity contribution in [1.82, 2.24) is 0 Å². The van der Waals surface area contributed by atoms with Crippen molar-refractivity contribution < 1.29 is 13.5 Å². The topological polar surface area (TPSA) is 35.2 Å². The Balaban J connectivity index is 2.27. The fourth-order valence-corrected chi connectivity index (χ4v) is 2.22. The van der Waals surface area contributed by atoms with E-state index in [0.717, 1.165) is 17.2 Å². The van der Waals surface area contributed by atoms with E-state index in [1.165, 1.54) is 12.1 Å². The van der Waals surface area contributed by atoms with E-state index in [1.807, 2.05) is 25.1 Å². The molecule has 2 N–H and O–H groups in total. The number of methoxy groups -OCH3 is 1. The molecule has 0 aromatic heterocycles. The molecule has 0 amide bonds. The van der Waals surface area contributed by atoms with E-state index in [0.29, 0.717) is 17.7 Å². The van der Waals surface area contributed by atoms with Gasteiger partial charge in [-0.15, -0.1) is 0 Å². The van der Waals surface area contributed by atoms with Crippen LogP contribution in [-0.2, 0) is 6.42 Å². The number of ether oxygens (including phenoxy) is 1. The van der Waals surface area contributed by atoms with Crippen molar-refractivity contribution in [2.75, 3.05) is 7.11 Å². The molecule has 2 aromatic carbocycles. The van der Waals surface area contributed by atoms with Gasteiger partial charge in [0.25, 0.3) is 0 Å². The molecule has 0 aliphatic rings. The first-order valence-corrected chi connectivity index (χ1v) is 6.35. The standard InChI is InChI=1S/C16H17F2NO/c1-10-3-6-16(20-2)11(7-10)8-15(19)13-5-4-12(17)9-14(13)18/h3-7,9,15H,8,19H2,1-2H3. The second-order valence-electron chi connectivity index (χ2n) is 4.79. The van der Waals surface area contributed by atoms with Crippen molar-refractivity contribution in [3.8, 4) is 5.75 Å². The van der Waals surface area contributed by atoms with Crippen molar-refractivity contribution in [3.63, 3.8) is 0 Å². The third-order valence-corrected chi connectivity index (χ3v) is 3.24. The first-order chi connectivity index (χ1) is 9.51. The van der Waals surface area contributed by atoms with E-state index in [-0.39, 0.29) is 0 Å². The summed E-state index contributed by atoms with van der Waals surface area (Å²) in [5, 5.41) is 0. The molecule has 106 valence electrons. The number of hydrogen-bond acceptors (Lipinski definition) is 2. The summed E-state index contributed by atoms with van der Waals surface area (Å²) in [5.41, 5.74) is 8.32. The van der Waals surface area contributed by atoms with Gasteiger partial charge in [-0.25, -0.2) is 8.78 Å². The Labute approximate surface area is 117 Å². The molecule has 4 heteroatoms. The Kier molecular flexibility index (Phi) is 4.35. The maximum Gasteiger partial charge on any atom is 0.130 e. The van der Waals surface area contributed by atoms with Crippen molar-refractivity contribution in [1.29, 1.82) is 0 Å². The summed E-state index contributed by atoms with van der Waals surface area (Å²) in [7, 11) is 1.58.